The summed E-state index contributed by atoms with van der Waals surface area (Å²) in [6.45, 7) is 3.70. The summed E-state index contributed by atoms with van der Waals surface area (Å²) in [7, 11) is 1.60. The molecule has 16 heavy (non-hydrogen) atoms. The van der Waals surface area contributed by atoms with E-state index >= 15 is 0 Å². The molecule has 0 amide bonds. The van der Waals surface area contributed by atoms with Gasteiger partial charge in [0.05, 0.1) is 7.11 Å². The van der Waals surface area contributed by atoms with Crippen LogP contribution in [0.15, 0.2) is 18.2 Å². The Kier molecular flexibility index (Phi) is 5.17. The van der Waals surface area contributed by atoms with Gasteiger partial charge in [0, 0.05) is 18.2 Å². The van der Waals surface area contributed by atoms with Crippen molar-refractivity contribution in [1.29, 1.82) is 5.26 Å². The van der Waals surface area contributed by atoms with Crippen molar-refractivity contribution in [3.8, 4) is 17.6 Å². The van der Waals surface area contributed by atoms with Crippen molar-refractivity contribution >= 4 is 0 Å². The molecule has 0 unspecified atom stereocenters. The summed E-state index contributed by atoms with van der Waals surface area (Å²) in [6, 6.07) is 7.57. The molecule has 0 saturated heterocycles. The number of ether oxygens (including phenoxy) is 2. The lowest BCUT2D eigenvalue weighted by atomic mass is 10.2. The number of hydrogen-bond donors (Lipinski definition) is 1. The monoisotopic (exact) mass is 220 g/mol. The molecule has 1 rings (SSSR count). The molecule has 1 aromatic rings. The molecular formula is C12H16N2O2. The SMILES string of the molecule is CCNCc1ccc(OC)cc1OCC#N. The Morgan fingerprint density at radius 2 is 2.25 bits per heavy atom. The van der Waals surface area contributed by atoms with Crippen molar-refractivity contribution in [2.45, 2.75) is 13.5 Å². The van der Waals surface area contributed by atoms with Crippen LogP contribution in [0.5, 0.6) is 11.5 Å². The number of nitrogens with zero attached hydrogens (tertiary/aromatic N) is 1. The summed E-state index contributed by atoms with van der Waals surface area (Å²) in [5.41, 5.74) is 1.03. The van der Waals surface area contributed by atoms with Gasteiger partial charge in [0.15, 0.2) is 6.61 Å². The van der Waals surface area contributed by atoms with Crippen LogP contribution in [0.4, 0.5) is 0 Å². The highest BCUT2D eigenvalue weighted by Gasteiger charge is 2.05. The highest BCUT2D eigenvalue weighted by Crippen LogP contribution is 2.24. The average Bonchev–Trinajstić information content (AvgIpc) is 2.34. The summed E-state index contributed by atoms with van der Waals surface area (Å²) >= 11 is 0. The molecule has 0 bridgehead atoms. The summed E-state index contributed by atoms with van der Waals surface area (Å²) in [6.07, 6.45) is 0. The first-order chi connectivity index (χ1) is 7.81. The quantitative estimate of drug-likeness (QED) is 0.793. The van der Waals surface area contributed by atoms with Crippen LogP contribution in [-0.4, -0.2) is 20.3 Å². The van der Waals surface area contributed by atoms with E-state index in [9.17, 15) is 0 Å². The zero-order valence-corrected chi connectivity index (χ0v) is 9.62. The van der Waals surface area contributed by atoms with Gasteiger partial charge in [-0.15, -0.1) is 0 Å². The maximum atomic E-state index is 8.50. The van der Waals surface area contributed by atoms with Crippen LogP contribution in [0.2, 0.25) is 0 Å². The first kappa shape index (κ1) is 12.3. The van der Waals surface area contributed by atoms with Crippen molar-refractivity contribution in [3.05, 3.63) is 23.8 Å². The zero-order chi connectivity index (χ0) is 11.8. The Hall–Kier alpha value is -1.73. The summed E-state index contributed by atoms with van der Waals surface area (Å²) in [4.78, 5) is 0. The zero-order valence-electron chi connectivity index (χ0n) is 9.62. The van der Waals surface area contributed by atoms with Crippen LogP contribution in [0.25, 0.3) is 0 Å². The lowest BCUT2D eigenvalue weighted by Crippen LogP contribution is -2.13. The van der Waals surface area contributed by atoms with Gasteiger partial charge < -0.3 is 14.8 Å². The van der Waals surface area contributed by atoms with E-state index in [1.54, 1.807) is 13.2 Å². The molecule has 0 aliphatic carbocycles. The van der Waals surface area contributed by atoms with Gasteiger partial charge in [-0.25, -0.2) is 0 Å². The average molecular weight is 220 g/mol. The van der Waals surface area contributed by atoms with E-state index in [0.717, 1.165) is 24.4 Å². The third-order valence-electron chi connectivity index (χ3n) is 2.13. The Morgan fingerprint density at radius 1 is 1.44 bits per heavy atom. The fraction of sp³-hybridized carbons (Fsp3) is 0.417. The highest BCUT2D eigenvalue weighted by molar-refractivity contribution is 5.40. The first-order valence-corrected chi connectivity index (χ1v) is 5.19. The molecule has 0 spiro atoms. The molecular weight excluding hydrogens is 204 g/mol. The van der Waals surface area contributed by atoms with Crippen LogP contribution >= 0.6 is 0 Å². The molecule has 86 valence electrons. The largest absolute Gasteiger partial charge is 0.497 e. The van der Waals surface area contributed by atoms with Crippen LogP contribution in [-0.2, 0) is 6.54 Å². The molecule has 0 saturated carbocycles. The van der Waals surface area contributed by atoms with Crippen LogP contribution in [0.3, 0.4) is 0 Å². The maximum absolute atomic E-state index is 8.50. The van der Waals surface area contributed by atoms with E-state index < -0.39 is 0 Å². The highest BCUT2D eigenvalue weighted by atomic mass is 16.5. The van der Waals surface area contributed by atoms with E-state index in [1.807, 2.05) is 25.1 Å². The Bertz CT molecular complexity index is 372. The second-order valence-corrected chi connectivity index (χ2v) is 3.20. The van der Waals surface area contributed by atoms with Gasteiger partial charge in [-0.1, -0.05) is 13.0 Å². The van der Waals surface area contributed by atoms with Gasteiger partial charge >= 0.3 is 0 Å². The molecule has 0 aliphatic heterocycles. The fourth-order valence-electron chi connectivity index (χ4n) is 1.31. The van der Waals surface area contributed by atoms with Gasteiger partial charge in [0.25, 0.3) is 0 Å². The number of methoxy groups -OCH3 is 1. The smallest absolute Gasteiger partial charge is 0.174 e. The van der Waals surface area contributed by atoms with Crippen LogP contribution < -0.4 is 14.8 Å². The van der Waals surface area contributed by atoms with E-state index in [0.29, 0.717) is 5.75 Å². The minimum absolute atomic E-state index is 0.0479. The molecule has 4 heteroatoms. The minimum atomic E-state index is 0.0479. The van der Waals surface area contributed by atoms with Crippen molar-refractivity contribution in [3.63, 3.8) is 0 Å². The molecule has 0 aromatic heterocycles. The van der Waals surface area contributed by atoms with E-state index in [1.165, 1.54) is 0 Å². The van der Waals surface area contributed by atoms with Gasteiger partial charge in [-0.2, -0.15) is 5.26 Å². The van der Waals surface area contributed by atoms with Gasteiger partial charge in [-0.3, -0.25) is 0 Å². The predicted molar refractivity (Wildman–Crippen MR) is 61.5 cm³/mol. The number of rotatable bonds is 6. The Labute approximate surface area is 95.8 Å². The van der Waals surface area contributed by atoms with Crippen molar-refractivity contribution in [2.75, 3.05) is 20.3 Å². The molecule has 0 atom stereocenters. The number of hydrogen-bond acceptors (Lipinski definition) is 4. The number of nitriles is 1. The minimum Gasteiger partial charge on any atom is -0.497 e. The third kappa shape index (κ3) is 3.44. The van der Waals surface area contributed by atoms with Gasteiger partial charge in [0.1, 0.15) is 17.6 Å². The Morgan fingerprint density at radius 3 is 2.88 bits per heavy atom. The summed E-state index contributed by atoms with van der Waals surface area (Å²) in [5, 5.41) is 11.7. The van der Waals surface area contributed by atoms with Crippen molar-refractivity contribution in [2.24, 2.45) is 0 Å². The fourth-order valence-corrected chi connectivity index (χ4v) is 1.31. The van der Waals surface area contributed by atoms with Gasteiger partial charge in [0.2, 0.25) is 0 Å². The van der Waals surface area contributed by atoms with Crippen LogP contribution in [0, 0.1) is 11.3 Å². The second-order valence-electron chi connectivity index (χ2n) is 3.20. The lowest BCUT2D eigenvalue weighted by Gasteiger charge is -2.11. The van der Waals surface area contributed by atoms with E-state index in [2.05, 4.69) is 5.32 Å². The van der Waals surface area contributed by atoms with Crippen molar-refractivity contribution in [1.82, 2.24) is 5.32 Å². The summed E-state index contributed by atoms with van der Waals surface area (Å²) < 4.78 is 10.5. The van der Waals surface area contributed by atoms with Crippen LogP contribution in [0.1, 0.15) is 12.5 Å². The Balaban J connectivity index is 2.83. The molecule has 0 heterocycles. The normalized spacial score (nSPS) is 9.56. The van der Waals surface area contributed by atoms with E-state index in [-0.39, 0.29) is 6.61 Å². The first-order valence-electron chi connectivity index (χ1n) is 5.19. The molecule has 0 fully saturated rings. The van der Waals surface area contributed by atoms with E-state index in [4.69, 9.17) is 14.7 Å². The molecule has 0 aliphatic rings. The third-order valence-corrected chi connectivity index (χ3v) is 2.13. The molecule has 1 N–H and O–H groups in total. The topological polar surface area (TPSA) is 54.3 Å². The predicted octanol–water partition coefficient (Wildman–Crippen LogP) is 1.71. The second kappa shape index (κ2) is 6.70. The lowest BCUT2D eigenvalue weighted by molar-refractivity contribution is 0.356. The standard InChI is InChI=1S/C12H16N2O2/c1-3-14-9-10-4-5-11(15-2)8-12(10)16-7-6-13/h4-5,8,14H,3,7,9H2,1-2H3. The summed E-state index contributed by atoms with van der Waals surface area (Å²) in [5.74, 6) is 1.43. The maximum Gasteiger partial charge on any atom is 0.174 e. The molecule has 1 aromatic carbocycles. The number of nitrogens with one attached hydrogen (secondary N) is 1. The van der Waals surface area contributed by atoms with Crippen molar-refractivity contribution < 1.29 is 9.47 Å². The van der Waals surface area contributed by atoms with Gasteiger partial charge in [-0.05, 0) is 12.6 Å². The molecule has 4 nitrogen and oxygen atoms in total. The molecule has 0 radical (unpaired) electrons. The number of benzene rings is 1.